The molecule has 0 bridgehead atoms. The summed E-state index contributed by atoms with van der Waals surface area (Å²) in [6.45, 7) is 9.05. The molecule has 17 heavy (non-hydrogen) atoms. The molecule has 0 aliphatic carbocycles. The highest BCUT2D eigenvalue weighted by atomic mass is 16.5. The Hall–Kier alpha value is -0.160. The molecule has 0 aliphatic heterocycles. The van der Waals surface area contributed by atoms with E-state index in [-0.39, 0.29) is 0 Å². The Morgan fingerprint density at radius 3 is 1.47 bits per heavy atom. The summed E-state index contributed by atoms with van der Waals surface area (Å²) in [5.74, 6) is 0. The SMILES string of the molecule is [CH2]CCOCCCOCCCOCCCOC. The normalized spacial score (nSPS) is 10.9. The Balaban J connectivity index is 2.85. The van der Waals surface area contributed by atoms with Crippen LogP contribution < -0.4 is 0 Å². The van der Waals surface area contributed by atoms with E-state index in [0.717, 1.165) is 71.9 Å². The Kier molecular flexibility index (Phi) is 15.7. The van der Waals surface area contributed by atoms with Crippen LogP contribution in [0.4, 0.5) is 0 Å². The number of hydrogen-bond donors (Lipinski definition) is 0. The maximum Gasteiger partial charge on any atom is 0.0488 e. The molecule has 0 amide bonds. The Morgan fingerprint density at radius 1 is 0.647 bits per heavy atom. The molecule has 0 rings (SSSR count). The van der Waals surface area contributed by atoms with Crippen molar-refractivity contribution in [3.63, 3.8) is 0 Å². The van der Waals surface area contributed by atoms with E-state index in [0.29, 0.717) is 0 Å². The van der Waals surface area contributed by atoms with Crippen molar-refractivity contribution in [2.24, 2.45) is 0 Å². The molecule has 0 aromatic carbocycles. The van der Waals surface area contributed by atoms with Gasteiger partial charge in [0.2, 0.25) is 0 Å². The van der Waals surface area contributed by atoms with Crippen molar-refractivity contribution in [1.29, 1.82) is 0 Å². The maximum atomic E-state index is 5.44. The summed E-state index contributed by atoms with van der Waals surface area (Å²) in [5, 5.41) is 0. The molecule has 4 nitrogen and oxygen atoms in total. The monoisotopic (exact) mass is 247 g/mol. The molecule has 103 valence electrons. The van der Waals surface area contributed by atoms with Crippen molar-refractivity contribution in [3.05, 3.63) is 6.92 Å². The number of rotatable bonds is 14. The second-order valence-corrected chi connectivity index (χ2v) is 3.74. The zero-order valence-electron chi connectivity index (χ0n) is 11.1. The van der Waals surface area contributed by atoms with E-state index in [2.05, 4.69) is 6.92 Å². The van der Waals surface area contributed by atoms with Crippen LogP contribution in [0.2, 0.25) is 0 Å². The first-order valence-corrected chi connectivity index (χ1v) is 6.43. The van der Waals surface area contributed by atoms with Gasteiger partial charge in [-0.1, -0.05) is 6.92 Å². The van der Waals surface area contributed by atoms with E-state index in [4.69, 9.17) is 18.9 Å². The minimum Gasteiger partial charge on any atom is -0.385 e. The zero-order chi connectivity index (χ0) is 12.6. The third-order valence-electron chi connectivity index (χ3n) is 2.08. The van der Waals surface area contributed by atoms with Crippen LogP contribution in [0.15, 0.2) is 0 Å². The van der Waals surface area contributed by atoms with Crippen LogP contribution in [0.5, 0.6) is 0 Å². The van der Waals surface area contributed by atoms with Crippen molar-refractivity contribution in [3.8, 4) is 0 Å². The molecule has 0 N–H and O–H groups in total. The van der Waals surface area contributed by atoms with Gasteiger partial charge in [-0.2, -0.15) is 0 Å². The van der Waals surface area contributed by atoms with E-state index in [1.807, 2.05) is 0 Å². The summed E-state index contributed by atoms with van der Waals surface area (Å²) >= 11 is 0. The Labute approximate surface area is 106 Å². The molecule has 0 saturated carbocycles. The van der Waals surface area contributed by atoms with Crippen LogP contribution in [-0.2, 0) is 18.9 Å². The topological polar surface area (TPSA) is 36.9 Å². The second kappa shape index (κ2) is 15.8. The van der Waals surface area contributed by atoms with Gasteiger partial charge in [-0.3, -0.25) is 0 Å². The summed E-state index contributed by atoms with van der Waals surface area (Å²) in [7, 11) is 1.70. The standard InChI is InChI=1S/C13H27O4/c1-3-7-15-10-5-11-17-13-6-12-16-9-4-8-14-2/h1,3-13H2,2H3. The Bertz CT molecular complexity index is 117. The summed E-state index contributed by atoms with van der Waals surface area (Å²) in [4.78, 5) is 0. The lowest BCUT2D eigenvalue weighted by atomic mass is 10.4. The van der Waals surface area contributed by atoms with Gasteiger partial charge in [0.05, 0.1) is 0 Å². The molecule has 0 aromatic rings. The molecule has 0 atom stereocenters. The number of ether oxygens (including phenoxy) is 4. The first-order valence-electron chi connectivity index (χ1n) is 6.43. The smallest absolute Gasteiger partial charge is 0.0488 e. The lowest BCUT2D eigenvalue weighted by molar-refractivity contribution is 0.0588. The van der Waals surface area contributed by atoms with E-state index in [1.165, 1.54) is 0 Å². The lowest BCUT2D eigenvalue weighted by Crippen LogP contribution is -2.06. The average molecular weight is 247 g/mol. The van der Waals surface area contributed by atoms with Gasteiger partial charge < -0.3 is 18.9 Å². The highest BCUT2D eigenvalue weighted by Crippen LogP contribution is 1.91. The van der Waals surface area contributed by atoms with Crippen LogP contribution in [0.25, 0.3) is 0 Å². The largest absolute Gasteiger partial charge is 0.385 e. The molecule has 0 heterocycles. The van der Waals surface area contributed by atoms with Gasteiger partial charge in [0.15, 0.2) is 0 Å². The quantitative estimate of drug-likeness (QED) is 0.440. The molecule has 0 saturated heterocycles. The van der Waals surface area contributed by atoms with Crippen molar-refractivity contribution in [2.75, 3.05) is 53.4 Å². The van der Waals surface area contributed by atoms with E-state index in [1.54, 1.807) is 7.11 Å². The molecule has 0 spiro atoms. The van der Waals surface area contributed by atoms with E-state index in [9.17, 15) is 0 Å². The minimum atomic E-state index is 0.745. The fourth-order valence-corrected chi connectivity index (χ4v) is 1.24. The van der Waals surface area contributed by atoms with Gasteiger partial charge in [0, 0.05) is 53.4 Å². The summed E-state index contributed by atoms with van der Waals surface area (Å²) in [6.07, 6.45) is 3.70. The van der Waals surface area contributed by atoms with Crippen molar-refractivity contribution >= 4 is 0 Å². The van der Waals surface area contributed by atoms with Crippen molar-refractivity contribution in [2.45, 2.75) is 25.7 Å². The molecule has 0 aromatic heterocycles. The van der Waals surface area contributed by atoms with Crippen LogP contribution in [0.3, 0.4) is 0 Å². The van der Waals surface area contributed by atoms with Crippen LogP contribution >= 0.6 is 0 Å². The first kappa shape index (κ1) is 16.8. The highest BCUT2D eigenvalue weighted by Gasteiger charge is 1.92. The summed E-state index contributed by atoms with van der Waals surface area (Å²) < 4.78 is 21.1. The van der Waals surface area contributed by atoms with E-state index >= 15 is 0 Å². The number of methoxy groups -OCH3 is 1. The lowest BCUT2D eigenvalue weighted by Gasteiger charge is -2.06. The van der Waals surface area contributed by atoms with Crippen LogP contribution in [-0.4, -0.2) is 53.4 Å². The molecule has 0 unspecified atom stereocenters. The van der Waals surface area contributed by atoms with Crippen LogP contribution in [0, 0.1) is 6.92 Å². The molecule has 4 heteroatoms. The zero-order valence-corrected chi connectivity index (χ0v) is 11.1. The molecular formula is C13H27O4. The average Bonchev–Trinajstić information content (AvgIpc) is 2.35. The van der Waals surface area contributed by atoms with Gasteiger partial charge in [0.25, 0.3) is 0 Å². The maximum absolute atomic E-state index is 5.44. The summed E-state index contributed by atoms with van der Waals surface area (Å²) in [5.41, 5.74) is 0. The van der Waals surface area contributed by atoms with Crippen molar-refractivity contribution < 1.29 is 18.9 Å². The van der Waals surface area contributed by atoms with Gasteiger partial charge in [-0.15, -0.1) is 0 Å². The van der Waals surface area contributed by atoms with E-state index < -0.39 is 0 Å². The predicted octanol–water partition coefficient (Wildman–Crippen LogP) is 2.08. The second-order valence-electron chi connectivity index (χ2n) is 3.74. The minimum absolute atomic E-state index is 0.745. The predicted molar refractivity (Wildman–Crippen MR) is 68.2 cm³/mol. The third-order valence-corrected chi connectivity index (χ3v) is 2.08. The molecule has 0 aliphatic rings. The summed E-state index contributed by atoms with van der Waals surface area (Å²) in [6, 6.07) is 0. The highest BCUT2D eigenvalue weighted by molar-refractivity contribution is 4.40. The van der Waals surface area contributed by atoms with Gasteiger partial charge in [-0.05, 0) is 25.7 Å². The fraction of sp³-hybridized carbons (Fsp3) is 0.923. The Morgan fingerprint density at radius 2 is 1.06 bits per heavy atom. The fourth-order valence-electron chi connectivity index (χ4n) is 1.24. The van der Waals surface area contributed by atoms with Gasteiger partial charge in [0.1, 0.15) is 0 Å². The van der Waals surface area contributed by atoms with Crippen LogP contribution in [0.1, 0.15) is 25.7 Å². The number of hydrogen-bond acceptors (Lipinski definition) is 4. The van der Waals surface area contributed by atoms with Gasteiger partial charge >= 0.3 is 0 Å². The molecule has 0 fully saturated rings. The molecular weight excluding hydrogens is 220 g/mol. The van der Waals surface area contributed by atoms with Gasteiger partial charge in [-0.25, -0.2) is 0 Å². The van der Waals surface area contributed by atoms with Crippen molar-refractivity contribution in [1.82, 2.24) is 0 Å². The third kappa shape index (κ3) is 15.8. The molecule has 1 radical (unpaired) electrons. The first-order chi connectivity index (χ1) is 8.41.